The van der Waals surface area contributed by atoms with Crippen molar-refractivity contribution in [2.45, 2.75) is 32.1 Å². The number of aromatic nitrogens is 2. The van der Waals surface area contributed by atoms with Gasteiger partial charge < -0.3 is 10.00 Å². The zero-order valence-electron chi connectivity index (χ0n) is 17.4. The van der Waals surface area contributed by atoms with Crippen LogP contribution in [0.5, 0.6) is 0 Å². The van der Waals surface area contributed by atoms with E-state index < -0.39 is 21.1 Å². The highest BCUT2D eigenvalue weighted by atomic mass is 35.5. The maximum atomic E-state index is 13.3. The van der Waals surface area contributed by atoms with Crippen LogP contribution in [-0.4, -0.2) is 55.2 Å². The molecule has 0 aliphatic carbocycles. The molecule has 3 heterocycles. The van der Waals surface area contributed by atoms with Crippen molar-refractivity contribution in [3.63, 3.8) is 0 Å². The number of amides is 1. The number of nitrogens with zero attached hydrogens (tertiary/aromatic N) is 3. The van der Waals surface area contributed by atoms with Crippen LogP contribution >= 0.6 is 11.6 Å². The predicted octanol–water partition coefficient (Wildman–Crippen LogP) is 3.12. The van der Waals surface area contributed by atoms with Crippen molar-refractivity contribution in [2.24, 2.45) is 11.4 Å². The van der Waals surface area contributed by atoms with Gasteiger partial charge in [-0.3, -0.25) is 19.1 Å². The summed E-state index contributed by atoms with van der Waals surface area (Å²) in [5.74, 6) is 0.0876. The van der Waals surface area contributed by atoms with Crippen LogP contribution in [0.4, 0.5) is 5.69 Å². The largest absolute Gasteiger partial charge is 0.339 e. The molecule has 0 saturated carbocycles. The first-order valence-electron chi connectivity index (χ1n) is 10.4. The number of benzene rings is 1. The number of ketones is 1. The summed E-state index contributed by atoms with van der Waals surface area (Å²) in [5.41, 5.74) is -0.123. The fourth-order valence-corrected chi connectivity index (χ4v) is 6.62. The monoisotopic (exact) mass is 464 g/mol. The zero-order chi connectivity index (χ0) is 22.2. The van der Waals surface area contributed by atoms with Crippen LogP contribution in [-0.2, 0) is 16.8 Å². The smallest absolute Gasteiger partial charge is 0.277 e. The van der Waals surface area contributed by atoms with Crippen molar-refractivity contribution in [3.8, 4) is 0 Å². The lowest BCUT2D eigenvalue weighted by Crippen LogP contribution is -2.28. The van der Waals surface area contributed by atoms with Crippen LogP contribution in [0.15, 0.2) is 27.5 Å². The Balaban J connectivity index is 1.86. The molecule has 0 radical (unpaired) electrons. The molecule has 0 unspecified atom stereocenters. The summed E-state index contributed by atoms with van der Waals surface area (Å²) >= 11 is 6.62. The molecular formula is C21H25ClN4O4S. The third-order valence-electron chi connectivity index (χ3n) is 5.85. The molecule has 0 bridgehead atoms. The Morgan fingerprint density at radius 3 is 2.29 bits per heavy atom. The second-order valence-electron chi connectivity index (χ2n) is 8.04. The number of rotatable bonds is 4. The molecule has 0 spiro atoms. The number of aromatic amines is 1. The third kappa shape index (κ3) is 4.21. The molecule has 1 aromatic carbocycles. The molecule has 2 aliphatic rings. The van der Waals surface area contributed by atoms with Gasteiger partial charge in [0, 0.05) is 43.4 Å². The molecule has 166 valence electrons. The van der Waals surface area contributed by atoms with Gasteiger partial charge in [-0.1, -0.05) is 18.0 Å². The Morgan fingerprint density at radius 1 is 1.03 bits per heavy atom. The molecule has 31 heavy (non-hydrogen) atoms. The third-order valence-corrected chi connectivity index (χ3v) is 8.60. The van der Waals surface area contributed by atoms with Crippen molar-refractivity contribution in [3.05, 3.63) is 50.4 Å². The van der Waals surface area contributed by atoms with E-state index in [2.05, 4.69) is 9.46 Å². The quantitative estimate of drug-likeness (QED) is 0.702. The van der Waals surface area contributed by atoms with Gasteiger partial charge in [-0.05, 0) is 37.8 Å². The van der Waals surface area contributed by atoms with Crippen LogP contribution in [0.3, 0.4) is 0 Å². The topological polar surface area (TPSA) is 105 Å². The first kappa shape index (κ1) is 21.8. The molecule has 1 aromatic heterocycles. The fraction of sp³-hybridized carbons (Fsp3) is 0.476. The lowest BCUT2D eigenvalue weighted by molar-refractivity contribution is 0.0793. The molecule has 2 fully saturated rings. The Kier molecular flexibility index (Phi) is 6.07. The molecule has 2 aromatic rings. The average Bonchev–Trinajstić information content (AvgIpc) is 3.40. The minimum Gasteiger partial charge on any atom is -0.339 e. The van der Waals surface area contributed by atoms with Gasteiger partial charge in [0.1, 0.15) is 11.3 Å². The number of nitrogens with one attached hydrogen (secondary N) is 1. The standard InChI is InChI=1S/C21H25ClN4O4S/c1-25-20(28)16(13-23-25)19(27)14-7-8-15(21(29)26-9-3-4-10-26)18(17(14)22)24-31(30)11-5-2-6-12-31/h7-8,13,23H,2-6,9-12H2,1H3. The van der Waals surface area contributed by atoms with Gasteiger partial charge in [0.25, 0.3) is 11.5 Å². The van der Waals surface area contributed by atoms with Crippen LogP contribution in [0, 0.1) is 0 Å². The SMILES string of the molecule is Cn1[nH]cc(C(=O)c2ccc(C(=O)N3CCCC3)c(N=S3(=O)CCCCC3)c2Cl)c1=O. The summed E-state index contributed by atoms with van der Waals surface area (Å²) in [6.45, 7) is 1.29. The minimum atomic E-state index is -2.57. The van der Waals surface area contributed by atoms with Gasteiger partial charge in [-0.15, -0.1) is 0 Å². The Hall–Kier alpha value is -2.39. The maximum absolute atomic E-state index is 13.3. The Bertz CT molecular complexity index is 1200. The highest BCUT2D eigenvalue weighted by molar-refractivity contribution is 7.93. The van der Waals surface area contributed by atoms with E-state index in [0.717, 1.165) is 32.1 Å². The van der Waals surface area contributed by atoms with E-state index in [1.807, 2.05) is 0 Å². The van der Waals surface area contributed by atoms with E-state index in [0.29, 0.717) is 24.6 Å². The van der Waals surface area contributed by atoms with Gasteiger partial charge in [-0.2, -0.15) is 4.36 Å². The first-order chi connectivity index (χ1) is 14.8. The van der Waals surface area contributed by atoms with Crippen LogP contribution in [0.25, 0.3) is 0 Å². The van der Waals surface area contributed by atoms with E-state index in [1.165, 1.54) is 30.1 Å². The van der Waals surface area contributed by atoms with E-state index in [9.17, 15) is 18.6 Å². The first-order valence-corrected chi connectivity index (χ1v) is 12.7. The second kappa shape index (κ2) is 8.63. The highest BCUT2D eigenvalue weighted by Crippen LogP contribution is 2.36. The summed E-state index contributed by atoms with van der Waals surface area (Å²) in [6.07, 6.45) is 5.77. The van der Waals surface area contributed by atoms with Gasteiger partial charge in [-0.25, -0.2) is 4.21 Å². The van der Waals surface area contributed by atoms with Crippen molar-refractivity contribution in [2.75, 3.05) is 24.6 Å². The van der Waals surface area contributed by atoms with Crippen LogP contribution in [0.1, 0.15) is 58.4 Å². The number of likely N-dealkylation sites (tertiary alicyclic amines) is 1. The molecule has 2 aliphatic heterocycles. The van der Waals surface area contributed by atoms with E-state index >= 15 is 0 Å². The number of H-pyrrole nitrogens is 1. The lowest BCUT2D eigenvalue weighted by atomic mass is 10.0. The van der Waals surface area contributed by atoms with Gasteiger partial charge >= 0.3 is 0 Å². The zero-order valence-corrected chi connectivity index (χ0v) is 18.9. The van der Waals surface area contributed by atoms with Gasteiger partial charge in [0.2, 0.25) is 5.78 Å². The average molecular weight is 465 g/mol. The van der Waals surface area contributed by atoms with Crippen molar-refractivity contribution >= 4 is 38.7 Å². The molecule has 4 rings (SSSR count). The molecule has 8 nitrogen and oxygen atoms in total. The molecule has 10 heteroatoms. The molecular weight excluding hydrogens is 440 g/mol. The van der Waals surface area contributed by atoms with E-state index in [1.54, 1.807) is 4.90 Å². The molecule has 1 N–H and O–H groups in total. The summed E-state index contributed by atoms with van der Waals surface area (Å²) in [5, 5.41) is 2.63. The normalized spacial score (nSPS) is 18.2. The lowest BCUT2D eigenvalue weighted by Gasteiger charge is -2.20. The summed E-state index contributed by atoms with van der Waals surface area (Å²) < 4.78 is 19.0. The highest BCUT2D eigenvalue weighted by Gasteiger charge is 2.28. The summed E-state index contributed by atoms with van der Waals surface area (Å²) in [7, 11) is -1.06. The van der Waals surface area contributed by atoms with Gasteiger partial charge in [0.15, 0.2) is 0 Å². The molecule has 1 amide bonds. The van der Waals surface area contributed by atoms with E-state index in [-0.39, 0.29) is 33.3 Å². The number of hydrogen-bond donors (Lipinski definition) is 1. The number of hydrogen-bond acceptors (Lipinski definition) is 5. The van der Waals surface area contributed by atoms with E-state index in [4.69, 9.17) is 11.6 Å². The van der Waals surface area contributed by atoms with Crippen LogP contribution < -0.4 is 5.56 Å². The Labute approximate surface area is 185 Å². The Morgan fingerprint density at radius 2 is 1.68 bits per heavy atom. The number of carbonyl (C=O) groups excluding carboxylic acids is 2. The summed E-state index contributed by atoms with van der Waals surface area (Å²) in [4.78, 5) is 40.1. The minimum absolute atomic E-state index is 0.0356. The van der Waals surface area contributed by atoms with Crippen LogP contribution in [0.2, 0.25) is 5.02 Å². The summed E-state index contributed by atoms with van der Waals surface area (Å²) in [6, 6.07) is 2.97. The van der Waals surface area contributed by atoms with Crippen molar-refractivity contribution in [1.82, 2.24) is 14.7 Å². The predicted molar refractivity (Wildman–Crippen MR) is 120 cm³/mol. The second-order valence-corrected chi connectivity index (χ2v) is 11.0. The number of halogens is 1. The van der Waals surface area contributed by atoms with Gasteiger partial charge in [0.05, 0.1) is 20.3 Å². The number of carbonyl (C=O) groups is 2. The fourth-order valence-electron chi connectivity index (χ4n) is 4.05. The number of aryl methyl sites for hydroxylation is 1. The molecule has 2 saturated heterocycles. The van der Waals surface area contributed by atoms with Crippen molar-refractivity contribution < 1.29 is 13.8 Å². The van der Waals surface area contributed by atoms with Crippen molar-refractivity contribution in [1.29, 1.82) is 0 Å². The molecule has 0 atom stereocenters. The maximum Gasteiger partial charge on any atom is 0.277 e.